The molecule has 4 heteroatoms. The van der Waals surface area contributed by atoms with Crippen molar-refractivity contribution in [3.05, 3.63) is 29.8 Å². The van der Waals surface area contributed by atoms with Gasteiger partial charge in [-0.25, -0.2) is 4.79 Å². The van der Waals surface area contributed by atoms with Gasteiger partial charge in [0.2, 0.25) is 0 Å². The Hall–Kier alpha value is -1.55. The first-order valence-electron chi connectivity index (χ1n) is 5.85. The van der Waals surface area contributed by atoms with Crippen LogP contribution in [0.1, 0.15) is 25.3 Å². The Labute approximate surface area is 101 Å². The van der Waals surface area contributed by atoms with Crippen LogP contribution in [-0.4, -0.2) is 23.7 Å². The van der Waals surface area contributed by atoms with Gasteiger partial charge in [0.25, 0.3) is 0 Å². The maximum atomic E-state index is 10.9. The average Bonchev–Trinajstić information content (AvgIpc) is 2.31. The number of nitrogens with two attached hydrogens (primary N) is 1. The molecule has 94 valence electrons. The Morgan fingerprint density at radius 2 is 2.06 bits per heavy atom. The first kappa shape index (κ1) is 13.5. The van der Waals surface area contributed by atoms with Gasteiger partial charge in [0.1, 0.15) is 5.75 Å². The molecule has 1 atom stereocenters. The van der Waals surface area contributed by atoms with Crippen molar-refractivity contribution in [3.8, 4) is 5.75 Å². The van der Waals surface area contributed by atoms with Crippen molar-refractivity contribution in [2.45, 2.75) is 32.3 Å². The molecule has 0 aromatic heterocycles. The highest BCUT2D eigenvalue weighted by Crippen LogP contribution is 2.15. The van der Waals surface area contributed by atoms with E-state index < -0.39 is 12.1 Å². The van der Waals surface area contributed by atoms with Crippen LogP contribution in [0.3, 0.4) is 0 Å². The van der Waals surface area contributed by atoms with Crippen LogP contribution in [0, 0.1) is 0 Å². The van der Waals surface area contributed by atoms with Crippen molar-refractivity contribution >= 4 is 5.97 Å². The van der Waals surface area contributed by atoms with E-state index in [0.29, 0.717) is 18.7 Å². The second kappa shape index (κ2) is 6.91. The highest BCUT2D eigenvalue weighted by atomic mass is 16.5. The van der Waals surface area contributed by atoms with Crippen molar-refractivity contribution in [1.29, 1.82) is 0 Å². The van der Waals surface area contributed by atoms with Gasteiger partial charge in [0, 0.05) is 6.42 Å². The summed E-state index contributed by atoms with van der Waals surface area (Å²) in [6.45, 7) is 2.41. The Bertz CT molecular complexity index is 348. The molecule has 0 aliphatic heterocycles. The average molecular weight is 237 g/mol. The number of carbonyl (C=O) groups is 1. The van der Waals surface area contributed by atoms with Crippen molar-refractivity contribution in [1.82, 2.24) is 0 Å². The zero-order valence-electron chi connectivity index (χ0n) is 10.1. The number of rotatable bonds is 7. The third-order valence-corrected chi connectivity index (χ3v) is 2.44. The number of benzene rings is 1. The Balaban J connectivity index is 2.63. The smallest absolute Gasteiger partial charge is 0.344 e. The summed E-state index contributed by atoms with van der Waals surface area (Å²) in [5.41, 5.74) is 6.57. The number of aryl methyl sites for hydroxylation is 1. The SMILES string of the molecule is CCCc1ccc(OC(CCN)C(=O)O)cc1. The number of carboxylic acid groups (broad SMARTS) is 1. The first-order chi connectivity index (χ1) is 8.17. The molecular weight excluding hydrogens is 218 g/mol. The molecule has 0 fully saturated rings. The molecule has 0 aliphatic rings. The van der Waals surface area contributed by atoms with E-state index in [-0.39, 0.29) is 0 Å². The molecule has 1 unspecified atom stereocenters. The number of carboxylic acids is 1. The molecule has 0 radical (unpaired) electrons. The molecular formula is C13H19NO3. The fourth-order valence-electron chi connectivity index (χ4n) is 1.57. The highest BCUT2D eigenvalue weighted by molar-refractivity contribution is 5.72. The number of ether oxygens (including phenoxy) is 1. The summed E-state index contributed by atoms with van der Waals surface area (Å²) >= 11 is 0. The molecule has 4 nitrogen and oxygen atoms in total. The summed E-state index contributed by atoms with van der Waals surface area (Å²) in [5.74, 6) is -0.404. The van der Waals surface area contributed by atoms with Gasteiger partial charge in [-0.05, 0) is 30.7 Å². The zero-order chi connectivity index (χ0) is 12.7. The molecule has 1 rings (SSSR count). The van der Waals surface area contributed by atoms with E-state index in [1.807, 2.05) is 12.1 Å². The lowest BCUT2D eigenvalue weighted by Gasteiger charge is -2.14. The van der Waals surface area contributed by atoms with Crippen LogP contribution < -0.4 is 10.5 Å². The molecule has 3 N–H and O–H groups in total. The topological polar surface area (TPSA) is 72.5 Å². The molecule has 0 spiro atoms. The van der Waals surface area contributed by atoms with E-state index in [4.69, 9.17) is 15.6 Å². The second-order valence-corrected chi connectivity index (χ2v) is 3.92. The monoisotopic (exact) mass is 237 g/mol. The lowest BCUT2D eigenvalue weighted by Crippen LogP contribution is -2.29. The van der Waals surface area contributed by atoms with E-state index in [1.165, 1.54) is 5.56 Å². The summed E-state index contributed by atoms with van der Waals surface area (Å²) in [6, 6.07) is 7.52. The van der Waals surface area contributed by atoms with Crippen molar-refractivity contribution < 1.29 is 14.6 Å². The fourth-order valence-corrected chi connectivity index (χ4v) is 1.57. The molecule has 1 aromatic rings. The molecule has 0 amide bonds. The van der Waals surface area contributed by atoms with Crippen LogP contribution in [0.5, 0.6) is 5.75 Å². The normalized spacial score (nSPS) is 12.1. The standard InChI is InChI=1S/C13H19NO3/c1-2-3-10-4-6-11(7-5-10)17-12(8-9-14)13(15)16/h4-7,12H,2-3,8-9,14H2,1H3,(H,15,16). The van der Waals surface area contributed by atoms with E-state index >= 15 is 0 Å². The third kappa shape index (κ3) is 4.44. The number of hydrogen-bond donors (Lipinski definition) is 2. The van der Waals surface area contributed by atoms with Crippen molar-refractivity contribution in [3.63, 3.8) is 0 Å². The zero-order valence-corrected chi connectivity index (χ0v) is 10.1. The summed E-state index contributed by atoms with van der Waals surface area (Å²) in [5, 5.41) is 8.92. The fraction of sp³-hybridized carbons (Fsp3) is 0.462. The lowest BCUT2D eigenvalue weighted by atomic mass is 10.1. The molecule has 0 aliphatic carbocycles. The van der Waals surface area contributed by atoms with E-state index in [0.717, 1.165) is 12.8 Å². The molecule has 0 saturated carbocycles. The van der Waals surface area contributed by atoms with Crippen LogP contribution in [0.2, 0.25) is 0 Å². The van der Waals surface area contributed by atoms with Crippen LogP contribution >= 0.6 is 0 Å². The third-order valence-electron chi connectivity index (χ3n) is 2.44. The van der Waals surface area contributed by atoms with Gasteiger partial charge in [0.15, 0.2) is 6.10 Å². The van der Waals surface area contributed by atoms with Crippen molar-refractivity contribution in [2.24, 2.45) is 5.73 Å². The summed E-state index contributed by atoms with van der Waals surface area (Å²) < 4.78 is 5.37. The molecule has 0 saturated heterocycles. The molecule has 1 aromatic carbocycles. The van der Waals surface area contributed by atoms with Crippen LogP contribution in [0.15, 0.2) is 24.3 Å². The minimum Gasteiger partial charge on any atom is -0.479 e. The Kier molecular flexibility index (Phi) is 5.49. The molecule has 0 bridgehead atoms. The van der Waals surface area contributed by atoms with Crippen LogP contribution in [0.25, 0.3) is 0 Å². The predicted molar refractivity (Wildman–Crippen MR) is 66.2 cm³/mol. The maximum absolute atomic E-state index is 10.9. The van der Waals surface area contributed by atoms with Gasteiger partial charge >= 0.3 is 5.97 Å². The van der Waals surface area contributed by atoms with Gasteiger partial charge in [-0.3, -0.25) is 0 Å². The van der Waals surface area contributed by atoms with Crippen molar-refractivity contribution in [2.75, 3.05) is 6.54 Å². The van der Waals surface area contributed by atoms with Gasteiger partial charge < -0.3 is 15.6 Å². The number of aliphatic carboxylic acids is 1. The minimum atomic E-state index is -0.979. The van der Waals surface area contributed by atoms with E-state index in [9.17, 15) is 4.79 Å². The summed E-state index contributed by atoms with van der Waals surface area (Å²) in [7, 11) is 0. The minimum absolute atomic E-state index is 0.297. The van der Waals surface area contributed by atoms with Gasteiger partial charge in [-0.15, -0.1) is 0 Å². The van der Waals surface area contributed by atoms with Gasteiger partial charge in [-0.2, -0.15) is 0 Å². The van der Waals surface area contributed by atoms with E-state index in [2.05, 4.69) is 6.92 Å². The van der Waals surface area contributed by atoms with E-state index in [1.54, 1.807) is 12.1 Å². The Morgan fingerprint density at radius 1 is 1.41 bits per heavy atom. The predicted octanol–water partition coefficient (Wildman–Crippen LogP) is 1.82. The van der Waals surface area contributed by atoms with Crippen LogP contribution in [-0.2, 0) is 11.2 Å². The lowest BCUT2D eigenvalue weighted by molar-refractivity contribution is -0.145. The highest BCUT2D eigenvalue weighted by Gasteiger charge is 2.17. The molecule has 0 heterocycles. The maximum Gasteiger partial charge on any atom is 0.344 e. The van der Waals surface area contributed by atoms with Gasteiger partial charge in [-0.1, -0.05) is 25.5 Å². The van der Waals surface area contributed by atoms with Gasteiger partial charge in [0.05, 0.1) is 0 Å². The summed E-state index contributed by atoms with van der Waals surface area (Å²) in [6.07, 6.45) is 1.56. The van der Waals surface area contributed by atoms with Crippen LogP contribution in [0.4, 0.5) is 0 Å². The second-order valence-electron chi connectivity index (χ2n) is 3.92. The molecule has 17 heavy (non-hydrogen) atoms. The number of hydrogen-bond acceptors (Lipinski definition) is 3. The Morgan fingerprint density at radius 3 is 2.53 bits per heavy atom. The summed E-state index contributed by atoms with van der Waals surface area (Å²) in [4.78, 5) is 10.9. The first-order valence-corrected chi connectivity index (χ1v) is 5.85. The quantitative estimate of drug-likeness (QED) is 0.758. The largest absolute Gasteiger partial charge is 0.479 e.